The smallest absolute Gasteiger partial charge is 0.312 e. The van der Waals surface area contributed by atoms with E-state index in [1.54, 1.807) is 24.3 Å². The SMILES string of the molecule is Cc1nc2cc(NC(=O)CC(NC(N)=O)c3ccc(Cl)cc3)ccc2n1-c1ccccc1. The van der Waals surface area contributed by atoms with E-state index in [-0.39, 0.29) is 12.3 Å². The summed E-state index contributed by atoms with van der Waals surface area (Å²) in [6, 6.07) is 21.2. The standard InChI is InChI=1S/C24H22ClN5O2/c1-15-27-21-13-18(11-12-22(21)30(15)19-5-3-2-4-6-19)28-23(31)14-20(29-24(26)32)16-7-9-17(25)10-8-16/h2-13,20H,14H2,1H3,(H,28,31)(H3,26,29,32). The highest BCUT2D eigenvalue weighted by Gasteiger charge is 2.18. The number of benzene rings is 3. The Morgan fingerprint density at radius 3 is 2.47 bits per heavy atom. The summed E-state index contributed by atoms with van der Waals surface area (Å²) in [5.74, 6) is 0.584. The number of para-hydroxylation sites is 1. The van der Waals surface area contributed by atoms with Crippen molar-refractivity contribution < 1.29 is 9.59 Å². The van der Waals surface area contributed by atoms with Gasteiger partial charge in [-0.2, -0.15) is 0 Å². The molecule has 0 bridgehead atoms. The first-order chi connectivity index (χ1) is 15.4. The molecule has 4 rings (SSSR count). The van der Waals surface area contributed by atoms with Crippen molar-refractivity contribution in [2.24, 2.45) is 5.73 Å². The lowest BCUT2D eigenvalue weighted by atomic mass is 10.0. The molecule has 4 aromatic rings. The topological polar surface area (TPSA) is 102 Å². The van der Waals surface area contributed by atoms with Gasteiger partial charge in [-0.3, -0.25) is 9.36 Å². The zero-order valence-corrected chi connectivity index (χ0v) is 18.1. The molecule has 0 aliphatic heterocycles. The molecule has 162 valence electrons. The molecule has 8 heteroatoms. The predicted octanol–water partition coefficient (Wildman–Crippen LogP) is 4.73. The number of urea groups is 1. The predicted molar refractivity (Wildman–Crippen MR) is 126 cm³/mol. The Hall–Kier alpha value is -3.84. The van der Waals surface area contributed by atoms with Gasteiger partial charge in [0.15, 0.2) is 0 Å². The third-order valence-corrected chi connectivity index (χ3v) is 5.35. The van der Waals surface area contributed by atoms with Gasteiger partial charge in [0.2, 0.25) is 5.91 Å². The minimum Gasteiger partial charge on any atom is -0.352 e. The number of primary amides is 1. The molecule has 0 saturated carbocycles. The van der Waals surface area contributed by atoms with Crippen LogP contribution in [-0.2, 0) is 4.79 Å². The van der Waals surface area contributed by atoms with E-state index in [0.717, 1.165) is 28.1 Å². The van der Waals surface area contributed by atoms with Crippen molar-refractivity contribution in [1.82, 2.24) is 14.9 Å². The lowest BCUT2D eigenvalue weighted by molar-refractivity contribution is -0.116. The van der Waals surface area contributed by atoms with Crippen LogP contribution in [0, 0.1) is 6.92 Å². The molecule has 0 spiro atoms. The van der Waals surface area contributed by atoms with Crippen LogP contribution in [0.1, 0.15) is 23.9 Å². The highest BCUT2D eigenvalue weighted by molar-refractivity contribution is 6.30. The van der Waals surface area contributed by atoms with E-state index < -0.39 is 12.1 Å². The Morgan fingerprint density at radius 1 is 1.06 bits per heavy atom. The molecule has 1 unspecified atom stereocenters. The molecule has 3 aromatic carbocycles. The van der Waals surface area contributed by atoms with Gasteiger partial charge < -0.3 is 16.4 Å². The minimum atomic E-state index is -0.707. The summed E-state index contributed by atoms with van der Waals surface area (Å²) >= 11 is 5.94. The number of rotatable bonds is 6. The summed E-state index contributed by atoms with van der Waals surface area (Å²) in [6.07, 6.45) is 0.0140. The van der Waals surface area contributed by atoms with Crippen molar-refractivity contribution >= 4 is 40.3 Å². The van der Waals surface area contributed by atoms with Gasteiger partial charge in [-0.05, 0) is 55.0 Å². The highest BCUT2D eigenvalue weighted by atomic mass is 35.5. The first-order valence-electron chi connectivity index (χ1n) is 10.1. The second-order valence-electron chi connectivity index (χ2n) is 7.40. The number of nitrogens with zero attached hydrogens (tertiary/aromatic N) is 2. The largest absolute Gasteiger partial charge is 0.352 e. The Morgan fingerprint density at radius 2 is 1.78 bits per heavy atom. The van der Waals surface area contributed by atoms with Crippen molar-refractivity contribution in [3.05, 3.63) is 89.2 Å². The summed E-state index contributed by atoms with van der Waals surface area (Å²) in [6.45, 7) is 1.94. The summed E-state index contributed by atoms with van der Waals surface area (Å²) in [5.41, 5.74) is 9.39. The van der Waals surface area contributed by atoms with Crippen LogP contribution >= 0.6 is 11.6 Å². The highest BCUT2D eigenvalue weighted by Crippen LogP contribution is 2.25. The second-order valence-corrected chi connectivity index (χ2v) is 7.83. The quantitative estimate of drug-likeness (QED) is 0.398. The minimum absolute atomic E-state index is 0.0140. The van der Waals surface area contributed by atoms with Crippen LogP contribution in [0.3, 0.4) is 0 Å². The van der Waals surface area contributed by atoms with Crippen LogP contribution in [0.2, 0.25) is 5.02 Å². The van der Waals surface area contributed by atoms with Gasteiger partial charge >= 0.3 is 6.03 Å². The molecular weight excluding hydrogens is 426 g/mol. The molecule has 3 amide bonds. The fourth-order valence-electron chi connectivity index (χ4n) is 3.70. The summed E-state index contributed by atoms with van der Waals surface area (Å²) in [7, 11) is 0. The van der Waals surface area contributed by atoms with Crippen molar-refractivity contribution in [2.45, 2.75) is 19.4 Å². The van der Waals surface area contributed by atoms with Crippen molar-refractivity contribution in [3.8, 4) is 5.69 Å². The van der Waals surface area contributed by atoms with Gasteiger partial charge in [0.1, 0.15) is 5.82 Å². The molecular formula is C24H22ClN5O2. The molecule has 4 N–H and O–H groups in total. The number of anilines is 1. The van der Waals surface area contributed by atoms with E-state index in [1.165, 1.54) is 0 Å². The number of aromatic nitrogens is 2. The molecule has 0 fully saturated rings. The number of hydrogen-bond donors (Lipinski definition) is 3. The molecule has 0 aliphatic rings. The van der Waals surface area contributed by atoms with Gasteiger partial charge in [-0.25, -0.2) is 9.78 Å². The van der Waals surface area contributed by atoms with E-state index in [1.807, 2.05) is 55.5 Å². The maximum absolute atomic E-state index is 12.7. The summed E-state index contributed by atoms with van der Waals surface area (Å²) in [5, 5.41) is 6.06. The van der Waals surface area contributed by atoms with Crippen LogP contribution in [0.5, 0.6) is 0 Å². The molecule has 0 radical (unpaired) electrons. The van der Waals surface area contributed by atoms with Gasteiger partial charge in [0.05, 0.1) is 23.5 Å². The summed E-state index contributed by atoms with van der Waals surface area (Å²) < 4.78 is 2.06. The van der Waals surface area contributed by atoms with Crippen LogP contribution in [0.4, 0.5) is 10.5 Å². The average Bonchev–Trinajstić information content (AvgIpc) is 3.09. The Labute approximate surface area is 190 Å². The Balaban J connectivity index is 1.54. The van der Waals surface area contributed by atoms with Crippen molar-refractivity contribution in [1.29, 1.82) is 0 Å². The monoisotopic (exact) mass is 447 g/mol. The molecule has 0 saturated heterocycles. The van der Waals surface area contributed by atoms with Gasteiger partial charge in [0, 0.05) is 16.4 Å². The molecule has 1 atom stereocenters. The zero-order valence-electron chi connectivity index (χ0n) is 17.4. The van der Waals surface area contributed by atoms with Crippen LogP contribution < -0.4 is 16.4 Å². The Bertz CT molecular complexity index is 1270. The number of nitrogens with one attached hydrogen (secondary N) is 2. The van der Waals surface area contributed by atoms with E-state index in [2.05, 4.69) is 20.2 Å². The van der Waals surface area contributed by atoms with Gasteiger partial charge in [-0.15, -0.1) is 0 Å². The van der Waals surface area contributed by atoms with E-state index in [4.69, 9.17) is 17.3 Å². The van der Waals surface area contributed by atoms with E-state index in [9.17, 15) is 9.59 Å². The third-order valence-electron chi connectivity index (χ3n) is 5.10. The normalized spacial score (nSPS) is 11.8. The van der Waals surface area contributed by atoms with Crippen LogP contribution in [0.15, 0.2) is 72.8 Å². The number of halogens is 1. The molecule has 1 aromatic heterocycles. The maximum Gasteiger partial charge on any atom is 0.312 e. The number of carbonyl (C=O) groups excluding carboxylic acids is 2. The van der Waals surface area contributed by atoms with Gasteiger partial charge in [0.25, 0.3) is 0 Å². The zero-order chi connectivity index (χ0) is 22.7. The summed E-state index contributed by atoms with van der Waals surface area (Å²) in [4.78, 5) is 28.8. The number of imidazole rings is 1. The number of fused-ring (bicyclic) bond motifs is 1. The maximum atomic E-state index is 12.7. The number of aryl methyl sites for hydroxylation is 1. The van der Waals surface area contributed by atoms with E-state index >= 15 is 0 Å². The van der Waals surface area contributed by atoms with E-state index in [0.29, 0.717) is 10.7 Å². The Kier molecular flexibility index (Phi) is 6.09. The number of hydrogen-bond acceptors (Lipinski definition) is 3. The molecule has 32 heavy (non-hydrogen) atoms. The van der Waals surface area contributed by atoms with Crippen molar-refractivity contribution in [3.63, 3.8) is 0 Å². The average molecular weight is 448 g/mol. The second kappa shape index (κ2) is 9.11. The van der Waals surface area contributed by atoms with Crippen LogP contribution in [0.25, 0.3) is 16.7 Å². The fraction of sp³-hybridized carbons (Fsp3) is 0.125. The number of amides is 3. The molecule has 1 heterocycles. The third kappa shape index (κ3) is 4.73. The lowest BCUT2D eigenvalue weighted by Gasteiger charge is -2.18. The lowest BCUT2D eigenvalue weighted by Crippen LogP contribution is -2.35. The fourth-order valence-corrected chi connectivity index (χ4v) is 3.82. The molecule has 7 nitrogen and oxygen atoms in total. The number of nitrogens with two attached hydrogens (primary N) is 1. The first-order valence-corrected chi connectivity index (χ1v) is 10.4. The van der Waals surface area contributed by atoms with Crippen molar-refractivity contribution in [2.75, 3.05) is 5.32 Å². The number of carbonyl (C=O) groups is 2. The van der Waals surface area contributed by atoms with Crippen LogP contribution in [-0.4, -0.2) is 21.5 Å². The van der Waals surface area contributed by atoms with Gasteiger partial charge in [-0.1, -0.05) is 41.9 Å². The molecule has 0 aliphatic carbocycles. The first kappa shape index (κ1) is 21.4.